The van der Waals surface area contributed by atoms with Crippen molar-refractivity contribution in [2.24, 2.45) is 11.0 Å². The molecule has 6 rings (SSSR count). The Morgan fingerprint density at radius 3 is 2.31 bits per heavy atom. The fourth-order valence-electron chi connectivity index (χ4n) is 6.03. The maximum absolute atomic E-state index is 13.7. The summed E-state index contributed by atoms with van der Waals surface area (Å²) in [6.07, 6.45) is 0.795. The lowest BCUT2D eigenvalue weighted by atomic mass is 9.70. The van der Waals surface area contributed by atoms with Crippen LogP contribution in [-0.2, 0) is 10.3 Å². The normalized spacial score (nSPS) is 29.0. The maximum atomic E-state index is 13.7. The first-order valence-corrected chi connectivity index (χ1v) is 11.2. The molecule has 0 aliphatic carbocycles. The van der Waals surface area contributed by atoms with Crippen LogP contribution >= 0.6 is 0 Å². The Labute approximate surface area is 188 Å². The van der Waals surface area contributed by atoms with Gasteiger partial charge in [-0.3, -0.25) is 9.69 Å². The highest BCUT2D eigenvalue weighted by Gasteiger charge is 2.63. The van der Waals surface area contributed by atoms with E-state index in [2.05, 4.69) is 77.3 Å². The Bertz CT molecular complexity index is 1190. The average Bonchev–Trinajstić information content (AvgIpc) is 3.51. The van der Waals surface area contributed by atoms with Crippen LogP contribution in [0.15, 0.2) is 90.0 Å². The van der Waals surface area contributed by atoms with Gasteiger partial charge >= 0.3 is 0 Å². The van der Waals surface area contributed by atoms with Gasteiger partial charge in [-0.05, 0) is 24.2 Å². The molecule has 3 aliphatic heterocycles. The molecule has 3 heterocycles. The molecule has 3 aromatic carbocycles. The molecule has 5 nitrogen and oxygen atoms in total. The highest BCUT2D eigenvalue weighted by atomic mass is 16.2. The van der Waals surface area contributed by atoms with E-state index in [9.17, 15) is 4.79 Å². The molecule has 0 aromatic heterocycles. The molecule has 1 saturated heterocycles. The Balaban J connectivity index is 1.47. The third-order valence-corrected chi connectivity index (χ3v) is 7.42. The second-order valence-electron chi connectivity index (χ2n) is 9.04. The van der Waals surface area contributed by atoms with Gasteiger partial charge in [0.2, 0.25) is 5.91 Å². The lowest BCUT2D eigenvalue weighted by Gasteiger charge is -2.36. The van der Waals surface area contributed by atoms with Crippen molar-refractivity contribution < 1.29 is 4.79 Å². The van der Waals surface area contributed by atoms with Gasteiger partial charge in [0, 0.05) is 41.8 Å². The number of nitrogens with one attached hydrogen (secondary N) is 2. The number of anilines is 1. The number of likely N-dealkylation sites (tertiary alicyclic amines) is 1. The van der Waals surface area contributed by atoms with Crippen molar-refractivity contribution in [3.05, 3.63) is 102 Å². The minimum atomic E-state index is -0.761. The number of benzene rings is 3. The van der Waals surface area contributed by atoms with Gasteiger partial charge in [-0.2, -0.15) is 5.10 Å². The number of hydrogen-bond acceptors (Lipinski definition) is 4. The van der Waals surface area contributed by atoms with Gasteiger partial charge in [0.25, 0.3) is 0 Å². The predicted octanol–water partition coefficient (Wildman–Crippen LogP) is 4.27. The number of carbonyl (C=O) groups is 1. The van der Waals surface area contributed by atoms with Crippen LogP contribution in [0, 0.1) is 5.92 Å². The average molecular weight is 423 g/mol. The van der Waals surface area contributed by atoms with Crippen molar-refractivity contribution in [3.8, 4) is 0 Å². The molecule has 4 atom stereocenters. The molecule has 1 unspecified atom stereocenters. The summed E-state index contributed by atoms with van der Waals surface area (Å²) in [6.45, 7) is 0.797. The van der Waals surface area contributed by atoms with Gasteiger partial charge < -0.3 is 10.7 Å². The van der Waals surface area contributed by atoms with E-state index in [0.717, 1.165) is 29.9 Å². The molecule has 3 aliphatic rings. The summed E-state index contributed by atoms with van der Waals surface area (Å²) in [5.74, 6) is 0.170. The van der Waals surface area contributed by atoms with Crippen LogP contribution in [0.2, 0.25) is 0 Å². The first-order chi connectivity index (χ1) is 15.7. The third-order valence-electron chi connectivity index (χ3n) is 7.42. The molecule has 1 spiro atoms. The van der Waals surface area contributed by atoms with E-state index in [-0.39, 0.29) is 23.8 Å². The molecule has 1 amide bonds. The lowest BCUT2D eigenvalue weighted by molar-refractivity contribution is -0.126. The topological polar surface area (TPSA) is 56.7 Å². The Hall–Kier alpha value is -3.44. The molecule has 0 bridgehead atoms. The van der Waals surface area contributed by atoms with Gasteiger partial charge in [0.1, 0.15) is 5.54 Å². The summed E-state index contributed by atoms with van der Waals surface area (Å²) in [6, 6.07) is 29.3. The first-order valence-electron chi connectivity index (χ1n) is 11.2. The van der Waals surface area contributed by atoms with E-state index in [1.807, 2.05) is 30.3 Å². The molecule has 3 aromatic rings. The molecular formula is C27H26N4O. The van der Waals surface area contributed by atoms with Crippen LogP contribution in [0.5, 0.6) is 0 Å². The van der Waals surface area contributed by atoms with E-state index in [0.29, 0.717) is 0 Å². The fourth-order valence-corrected chi connectivity index (χ4v) is 6.03. The number of hydrogen-bond donors (Lipinski definition) is 2. The smallest absolute Gasteiger partial charge is 0.250 e. The standard InChI is InChI=1S/C27H26N4O/c1-31-17-20(18-10-4-2-5-11-18)25(24-16-23(29-30-24)19-12-6-3-7-13-19)27(31)21-14-8-9-15-22(21)28-26(27)32/h2-15,20,23,25,29H,16-17H2,1H3,(H,28,32)/t20-,23?,25+,27-/m0/s1. The van der Waals surface area contributed by atoms with Crippen LogP contribution in [0.3, 0.4) is 0 Å². The number of carbonyl (C=O) groups excluding carboxylic acids is 1. The van der Waals surface area contributed by atoms with Gasteiger partial charge in [0.05, 0.1) is 6.04 Å². The van der Waals surface area contributed by atoms with Crippen molar-refractivity contribution >= 4 is 17.3 Å². The molecule has 160 valence electrons. The summed E-state index contributed by atoms with van der Waals surface area (Å²) in [4.78, 5) is 16.0. The predicted molar refractivity (Wildman–Crippen MR) is 126 cm³/mol. The SMILES string of the molecule is CN1C[C@@H](c2ccccc2)[C@H](C2=NNC(c3ccccc3)C2)[C@@]12C(=O)Nc1ccccc12. The van der Waals surface area contributed by atoms with Crippen molar-refractivity contribution in [1.29, 1.82) is 0 Å². The number of rotatable bonds is 3. The number of fused-ring (bicyclic) bond motifs is 2. The highest BCUT2D eigenvalue weighted by molar-refractivity contribution is 6.10. The zero-order valence-corrected chi connectivity index (χ0v) is 18.0. The van der Waals surface area contributed by atoms with Gasteiger partial charge in [-0.1, -0.05) is 78.9 Å². The second-order valence-corrected chi connectivity index (χ2v) is 9.04. The highest BCUT2D eigenvalue weighted by Crippen LogP contribution is 2.56. The summed E-state index contributed by atoms with van der Waals surface area (Å²) in [5, 5.41) is 8.04. The summed E-state index contributed by atoms with van der Waals surface area (Å²) < 4.78 is 0. The number of amides is 1. The van der Waals surface area contributed by atoms with Crippen LogP contribution in [-0.4, -0.2) is 30.1 Å². The number of hydrazone groups is 1. The number of likely N-dealkylation sites (N-methyl/N-ethyl adjacent to an activating group) is 1. The van der Waals surface area contributed by atoms with Crippen LogP contribution < -0.4 is 10.7 Å². The summed E-state index contributed by atoms with van der Waals surface area (Å²) in [7, 11) is 2.08. The molecule has 2 N–H and O–H groups in total. The van der Waals surface area contributed by atoms with Crippen molar-refractivity contribution in [1.82, 2.24) is 10.3 Å². The van der Waals surface area contributed by atoms with E-state index >= 15 is 0 Å². The maximum Gasteiger partial charge on any atom is 0.250 e. The van der Waals surface area contributed by atoms with Crippen molar-refractivity contribution in [2.45, 2.75) is 23.9 Å². The van der Waals surface area contributed by atoms with E-state index in [4.69, 9.17) is 5.10 Å². The molecule has 5 heteroatoms. The third kappa shape index (κ3) is 2.67. The van der Waals surface area contributed by atoms with Crippen LogP contribution in [0.1, 0.15) is 35.1 Å². The fraction of sp³-hybridized carbons (Fsp3) is 0.259. The molecule has 0 radical (unpaired) electrons. The largest absolute Gasteiger partial charge is 0.324 e. The number of nitrogens with zero attached hydrogens (tertiary/aromatic N) is 2. The number of para-hydroxylation sites is 1. The second kappa shape index (κ2) is 7.31. The Morgan fingerprint density at radius 2 is 1.56 bits per heavy atom. The molecule has 0 saturated carbocycles. The van der Waals surface area contributed by atoms with Crippen molar-refractivity contribution in [2.75, 3.05) is 18.9 Å². The van der Waals surface area contributed by atoms with Crippen molar-refractivity contribution in [3.63, 3.8) is 0 Å². The molecule has 1 fully saturated rings. The summed E-state index contributed by atoms with van der Waals surface area (Å²) >= 11 is 0. The summed E-state index contributed by atoms with van der Waals surface area (Å²) in [5.41, 5.74) is 8.13. The minimum Gasteiger partial charge on any atom is -0.324 e. The van der Waals surface area contributed by atoms with Gasteiger partial charge in [-0.15, -0.1) is 0 Å². The molecular weight excluding hydrogens is 396 g/mol. The Morgan fingerprint density at radius 1 is 0.906 bits per heavy atom. The van der Waals surface area contributed by atoms with E-state index in [1.165, 1.54) is 11.1 Å². The zero-order valence-electron chi connectivity index (χ0n) is 18.0. The lowest BCUT2D eigenvalue weighted by Crippen LogP contribution is -2.51. The van der Waals surface area contributed by atoms with Gasteiger partial charge in [0.15, 0.2) is 0 Å². The van der Waals surface area contributed by atoms with Crippen LogP contribution in [0.4, 0.5) is 5.69 Å². The minimum absolute atomic E-state index is 0.0514. The zero-order chi connectivity index (χ0) is 21.7. The molecule has 32 heavy (non-hydrogen) atoms. The van der Waals surface area contributed by atoms with Crippen LogP contribution in [0.25, 0.3) is 0 Å². The van der Waals surface area contributed by atoms with E-state index in [1.54, 1.807) is 0 Å². The Kier molecular flexibility index (Phi) is 4.40. The first kappa shape index (κ1) is 19.3. The van der Waals surface area contributed by atoms with E-state index < -0.39 is 5.54 Å². The quantitative estimate of drug-likeness (QED) is 0.663. The monoisotopic (exact) mass is 422 g/mol. The van der Waals surface area contributed by atoms with Gasteiger partial charge in [-0.25, -0.2) is 0 Å².